The molecule has 5 heteroatoms. The van der Waals surface area contributed by atoms with Gasteiger partial charge in [0.25, 0.3) is 0 Å². The molecular formula is C24H29N5. The van der Waals surface area contributed by atoms with Crippen molar-refractivity contribution in [1.29, 1.82) is 0 Å². The Bertz CT molecular complexity index is 918. The van der Waals surface area contributed by atoms with Crippen LogP contribution in [0.3, 0.4) is 0 Å². The smallest absolute Gasteiger partial charge is 0.232 e. The minimum atomic E-state index is 0.714. The van der Waals surface area contributed by atoms with E-state index in [0.717, 1.165) is 42.5 Å². The predicted octanol–water partition coefficient (Wildman–Crippen LogP) is 5.68. The molecule has 1 saturated heterocycles. The van der Waals surface area contributed by atoms with Crippen LogP contribution in [-0.4, -0.2) is 29.6 Å². The zero-order valence-corrected chi connectivity index (χ0v) is 17.3. The van der Waals surface area contributed by atoms with Gasteiger partial charge in [0.1, 0.15) is 5.82 Å². The van der Waals surface area contributed by atoms with Crippen LogP contribution in [0.2, 0.25) is 0 Å². The van der Waals surface area contributed by atoms with Crippen molar-refractivity contribution in [2.45, 2.75) is 33.1 Å². The summed E-state index contributed by atoms with van der Waals surface area (Å²) in [7, 11) is 0. The zero-order valence-electron chi connectivity index (χ0n) is 17.3. The monoisotopic (exact) mass is 387 g/mol. The second kappa shape index (κ2) is 8.95. The second-order valence-electron chi connectivity index (χ2n) is 7.49. The number of benzene rings is 2. The summed E-state index contributed by atoms with van der Waals surface area (Å²) >= 11 is 0. The number of hydrogen-bond donors (Lipinski definition) is 1. The normalized spacial score (nSPS) is 13.9. The number of nitrogens with zero attached hydrogens (tertiary/aromatic N) is 4. The summed E-state index contributed by atoms with van der Waals surface area (Å²) in [6, 6.07) is 20.9. The fourth-order valence-electron chi connectivity index (χ4n) is 3.84. The Morgan fingerprint density at radius 1 is 0.931 bits per heavy atom. The van der Waals surface area contributed by atoms with Gasteiger partial charge in [0.15, 0.2) is 0 Å². The molecule has 2 aromatic carbocycles. The second-order valence-corrected chi connectivity index (χ2v) is 7.49. The lowest BCUT2D eigenvalue weighted by atomic mass is 10.1. The molecule has 1 fully saturated rings. The largest absolute Gasteiger partial charge is 0.372 e. The van der Waals surface area contributed by atoms with Crippen LogP contribution in [-0.2, 0) is 0 Å². The molecular weight excluding hydrogens is 358 g/mol. The molecule has 5 nitrogen and oxygen atoms in total. The van der Waals surface area contributed by atoms with Gasteiger partial charge in [0.05, 0.1) is 0 Å². The zero-order chi connectivity index (χ0) is 20.1. The summed E-state index contributed by atoms with van der Waals surface area (Å²) in [4.78, 5) is 14.0. The molecule has 1 aliphatic heterocycles. The molecule has 0 aliphatic carbocycles. The van der Waals surface area contributed by atoms with E-state index in [4.69, 9.17) is 4.98 Å². The molecule has 0 spiro atoms. The topological polar surface area (TPSA) is 44.3 Å². The van der Waals surface area contributed by atoms with Gasteiger partial charge >= 0.3 is 0 Å². The maximum Gasteiger partial charge on any atom is 0.232 e. The molecule has 1 aliphatic rings. The van der Waals surface area contributed by atoms with Gasteiger partial charge in [0.2, 0.25) is 5.95 Å². The number of para-hydroxylation sites is 1. The van der Waals surface area contributed by atoms with Crippen LogP contribution >= 0.6 is 0 Å². The fourth-order valence-corrected chi connectivity index (χ4v) is 3.84. The third kappa shape index (κ3) is 4.67. The summed E-state index contributed by atoms with van der Waals surface area (Å²) in [5, 5.41) is 3.45. The first-order chi connectivity index (χ1) is 14.2. The van der Waals surface area contributed by atoms with Gasteiger partial charge in [-0.2, -0.15) is 4.98 Å². The first-order valence-corrected chi connectivity index (χ1v) is 10.5. The molecule has 1 aromatic heterocycles. The predicted molar refractivity (Wildman–Crippen MR) is 122 cm³/mol. The third-order valence-electron chi connectivity index (χ3n) is 5.33. The average Bonchev–Trinajstić information content (AvgIpc) is 2.76. The maximum atomic E-state index is 4.78. The average molecular weight is 388 g/mol. The van der Waals surface area contributed by atoms with Crippen LogP contribution < -0.4 is 15.1 Å². The molecule has 0 amide bonds. The molecule has 4 rings (SSSR count). The molecule has 0 atom stereocenters. The van der Waals surface area contributed by atoms with E-state index < -0.39 is 0 Å². The highest BCUT2D eigenvalue weighted by molar-refractivity contribution is 5.64. The van der Waals surface area contributed by atoms with Gasteiger partial charge < -0.3 is 15.1 Å². The Balaban J connectivity index is 1.53. The number of aryl methyl sites for hydroxylation is 1. The number of hydrogen-bond acceptors (Lipinski definition) is 5. The van der Waals surface area contributed by atoms with Crippen molar-refractivity contribution >= 4 is 28.8 Å². The summed E-state index contributed by atoms with van der Waals surface area (Å²) in [6.07, 6.45) is 3.93. The number of nitrogens with one attached hydrogen (secondary N) is 1. The van der Waals surface area contributed by atoms with Crippen molar-refractivity contribution < 1.29 is 0 Å². The van der Waals surface area contributed by atoms with Crippen LogP contribution in [0.4, 0.5) is 28.8 Å². The van der Waals surface area contributed by atoms with Crippen molar-refractivity contribution in [2.24, 2.45) is 0 Å². The summed E-state index contributed by atoms with van der Waals surface area (Å²) in [6.45, 7) is 7.25. The van der Waals surface area contributed by atoms with Gasteiger partial charge in [-0.05, 0) is 69.5 Å². The first-order valence-electron chi connectivity index (χ1n) is 10.5. The quantitative estimate of drug-likeness (QED) is 0.590. The SMILES string of the molecule is CCN(c1ccccc1)c1nc(C)cc(Nc2ccc(N3CCCCC3)cc2)n1. The van der Waals surface area contributed by atoms with Gasteiger partial charge in [-0.1, -0.05) is 18.2 Å². The van der Waals surface area contributed by atoms with Crippen LogP contribution in [0.15, 0.2) is 60.7 Å². The van der Waals surface area contributed by atoms with E-state index in [9.17, 15) is 0 Å². The highest BCUT2D eigenvalue weighted by Crippen LogP contribution is 2.26. The summed E-state index contributed by atoms with van der Waals surface area (Å²) < 4.78 is 0. The Kier molecular flexibility index (Phi) is 5.94. The van der Waals surface area contributed by atoms with Crippen LogP contribution in [0.25, 0.3) is 0 Å². The molecule has 29 heavy (non-hydrogen) atoms. The van der Waals surface area contributed by atoms with Gasteiger partial charge in [0, 0.05) is 48.5 Å². The highest BCUT2D eigenvalue weighted by Gasteiger charge is 2.13. The molecule has 150 valence electrons. The number of piperidine rings is 1. The van der Waals surface area contributed by atoms with Gasteiger partial charge in [-0.3, -0.25) is 0 Å². The molecule has 0 bridgehead atoms. The van der Waals surface area contributed by atoms with E-state index in [-0.39, 0.29) is 0 Å². The van der Waals surface area contributed by atoms with Crippen molar-refractivity contribution in [3.63, 3.8) is 0 Å². The third-order valence-corrected chi connectivity index (χ3v) is 5.33. The fraction of sp³-hybridized carbons (Fsp3) is 0.333. The Hall–Kier alpha value is -3.08. The van der Waals surface area contributed by atoms with E-state index in [1.54, 1.807) is 0 Å². The van der Waals surface area contributed by atoms with E-state index in [0.29, 0.717) is 5.95 Å². The van der Waals surface area contributed by atoms with Crippen molar-refractivity contribution in [2.75, 3.05) is 34.8 Å². The van der Waals surface area contributed by atoms with Crippen molar-refractivity contribution in [3.05, 3.63) is 66.4 Å². The summed E-state index contributed by atoms with van der Waals surface area (Å²) in [5.74, 6) is 1.53. The molecule has 0 radical (unpaired) electrons. The Morgan fingerprint density at radius 2 is 1.66 bits per heavy atom. The van der Waals surface area contributed by atoms with E-state index >= 15 is 0 Å². The lowest BCUT2D eigenvalue weighted by Gasteiger charge is -2.28. The number of rotatable bonds is 6. The summed E-state index contributed by atoms with van der Waals surface area (Å²) in [5.41, 5.74) is 4.38. The van der Waals surface area contributed by atoms with Gasteiger partial charge in [-0.25, -0.2) is 4.98 Å². The molecule has 0 saturated carbocycles. The lowest BCUT2D eigenvalue weighted by Crippen LogP contribution is -2.29. The molecule has 0 unspecified atom stereocenters. The van der Waals surface area contributed by atoms with Crippen molar-refractivity contribution in [1.82, 2.24) is 9.97 Å². The Labute approximate surface area is 173 Å². The molecule has 1 N–H and O–H groups in total. The number of aromatic nitrogens is 2. The van der Waals surface area contributed by atoms with Crippen LogP contribution in [0.1, 0.15) is 31.9 Å². The number of anilines is 5. The minimum absolute atomic E-state index is 0.714. The van der Waals surface area contributed by atoms with E-state index in [1.807, 2.05) is 31.2 Å². The standard InChI is InChI=1S/C24H29N5/c1-3-29(22-10-6-4-7-11-22)24-25-19(2)18-23(27-24)26-20-12-14-21(15-13-20)28-16-8-5-9-17-28/h4,6-7,10-15,18H,3,5,8-9,16-17H2,1-2H3,(H,25,26,27). The van der Waals surface area contributed by atoms with E-state index in [2.05, 4.69) is 63.4 Å². The van der Waals surface area contributed by atoms with Crippen LogP contribution in [0, 0.1) is 6.92 Å². The maximum absolute atomic E-state index is 4.78. The first kappa shape index (κ1) is 19.2. The van der Waals surface area contributed by atoms with Crippen molar-refractivity contribution in [3.8, 4) is 0 Å². The Morgan fingerprint density at radius 3 is 2.34 bits per heavy atom. The highest BCUT2D eigenvalue weighted by atomic mass is 15.3. The lowest BCUT2D eigenvalue weighted by molar-refractivity contribution is 0.578. The van der Waals surface area contributed by atoms with Crippen LogP contribution in [0.5, 0.6) is 0 Å². The van der Waals surface area contributed by atoms with E-state index in [1.165, 1.54) is 24.9 Å². The minimum Gasteiger partial charge on any atom is -0.372 e. The molecule has 3 aromatic rings. The molecule has 2 heterocycles. The van der Waals surface area contributed by atoms with Gasteiger partial charge in [-0.15, -0.1) is 0 Å².